The highest BCUT2D eigenvalue weighted by Crippen LogP contribution is 2.47. The molecule has 1 aliphatic carbocycles. The van der Waals surface area contributed by atoms with E-state index in [-0.39, 0.29) is 43.0 Å². The third-order valence-corrected chi connectivity index (χ3v) is 6.58. The number of amides is 2. The topological polar surface area (TPSA) is 110 Å². The van der Waals surface area contributed by atoms with Crippen LogP contribution in [0.25, 0.3) is 0 Å². The summed E-state index contributed by atoms with van der Waals surface area (Å²) in [5.74, 6) is 1.18. The first-order valence-corrected chi connectivity index (χ1v) is 11.6. The van der Waals surface area contributed by atoms with Crippen molar-refractivity contribution in [3.8, 4) is 5.75 Å². The summed E-state index contributed by atoms with van der Waals surface area (Å²) in [5.41, 5.74) is 2.67. The van der Waals surface area contributed by atoms with Crippen LogP contribution in [0.3, 0.4) is 0 Å². The highest BCUT2D eigenvalue weighted by molar-refractivity contribution is 5.91. The number of hydrogen-bond donors (Lipinski definition) is 3. The predicted molar refractivity (Wildman–Crippen MR) is 121 cm³/mol. The minimum Gasteiger partial charge on any atom is -0.487 e. The molecule has 8 heteroatoms. The molecule has 0 unspecified atom stereocenters. The quantitative estimate of drug-likeness (QED) is 0.569. The third-order valence-electron chi connectivity index (χ3n) is 6.58. The number of fused-ring (bicyclic) bond motifs is 3. The highest BCUT2D eigenvalue weighted by Gasteiger charge is 2.46. The number of rotatable bonds is 8. The molecular weight excluding hydrogens is 422 g/mol. The maximum Gasteiger partial charge on any atom is 0.224 e. The van der Waals surface area contributed by atoms with E-state index in [0.717, 1.165) is 35.4 Å². The maximum atomic E-state index is 12.5. The van der Waals surface area contributed by atoms with Gasteiger partial charge in [-0.2, -0.15) is 0 Å². The summed E-state index contributed by atoms with van der Waals surface area (Å²) in [6.07, 6.45) is 5.90. The zero-order valence-corrected chi connectivity index (χ0v) is 18.4. The number of aromatic nitrogens is 1. The molecule has 3 N–H and O–H groups in total. The summed E-state index contributed by atoms with van der Waals surface area (Å²) in [7, 11) is 0. The molecule has 0 radical (unpaired) electrons. The first-order chi connectivity index (χ1) is 16.1. The van der Waals surface area contributed by atoms with Crippen molar-refractivity contribution < 1.29 is 24.2 Å². The van der Waals surface area contributed by atoms with Gasteiger partial charge in [-0.1, -0.05) is 6.07 Å². The van der Waals surface area contributed by atoms with Crippen LogP contribution in [0.15, 0.2) is 42.7 Å². The van der Waals surface area contributed by atoms with Crippen LogP contribution in [0, 0.1) is 5.92 Å². The zero-order chi connectivity index (χ0) is 22.8. The van der Waals surface area contributed by atoms with Crippen LogP contribution in [-0.2, 0) is 20.9 Å². The summed E-state index contributed by atoms with van der Waals surface area (Å²) < 4.78 is 12.1. The van der Waals surface area contributed by atoms with E-state index >= 15 is 0 Å². The lowest BCUT2D eigenvalue weighted by Gasteiger charge is -2.37. The van der Waals surface area contributed by atoms with Crippen LogP contribution in [0.1, 0.15) is 49.1 Å². The van der Waals surface area contributed by atoms with Crippen molar-refractivity contribution >= 4 is 17.5 Å². The molecule has 4 atom stereocenters. The van der Waals surface area contributed by atoms with E-state index in [1.165, 1.54) is 0 Å². The Labute approximate surface area is 192 Å². The molecule has 1 aromatic carbocycles. The van der Waals surface area contributed by atoms with Crippen molar-refractivity contribution in [2.75, 3.05) is 11.9 Å². The van der Waals surface area contributed by atoms with E-state index < -0.39 is 6.10 Å². The average molecular weight is 452 g/mol. The van der Waals surface area contributed by atoms with E-state index in [0.29, 0.717) is 25.3 Å². The summed E-state index contributed by atoms with van der Waals surface area (Å²) in [5, 5.41) is 15.8. The summed E-state index contributed by atoms with van der Waals surface area (Å²) in [4.78, 5) is 28.8. The Morgan fingerprint density at radius 3 is 2.79 bits per heavy atom. The first kappa shape index (κ1) is 21.9. The Bertz CT molecular complexity index is 1010. The van der Waals surface area contributed by atoms with Crippen molar-refractivity contribution in [3.63, 3.8) is 0 Å². The fourth-order valence-corrected chi connectivity index (χ4v) is 4.75. The maximum absolute atomic E-state index is 12.5. The average Bonchev–Trinajstić information content (AvgIpc) is 3.56. The first-order valence-electron chi connectivity index (χ1n) is 11.6. The molecule has 2 aromatic rings. The molecular formula is C25H29N3O5. The van der Waals surface area contributed by atoms with Crippen molar-refractivity contribution in [2.24, 2.45) is 5.92 Å². The van der Waals surface area contributed by atoms with Gasteiger partial charge in [-0.3, -0.25) is 14.6 Å². The normalized spacial score (nSPS) is 25.5. The van der Waals surface area contributed by atoms with Gasteiger partial charge in [0.1, 0.15) is 18.0 Å². The van der Waals surface area contributed by atoms with Crippen LogP contribution < -0.4 is 15.4 Å². The van der Waals surface area contributed by atoms with E-state index in [2.05, 4.69) is 15.6 Å². The molecule has 1 saturated heterocycles. The molecule has 8 nitrogen and oxygen atoms in total. The number of carbonyl (C=O) groups excluding carboxylic acids is 2. The number of aliphatic hydroxyl groups excluding tert-OH is 1. The second-order valence-corrected chi connectivity index (χ2v) is 9.19. The predicted octanol–water partition coefficient (Wildman–Crippen LogP) is 2.52. The molecule has 2 amide bonds. The fraction of sp³-hybridized carbons (Fsp3) is 0.480. The Hall–Kier alpha value is -2.97. The summed E-state index contributed by atoms with van der Waals surface area (Å²) in [6, 6.07) is 9.41. The monoisotopic (exact) mass is 451 g/mol. The molecule has 0 spiro atoms. The lowest BCUT2D eigenvalue weighted by molar-refractivity contribution is -0.142. The Morgan fingerprint density at radius 2 is 2.03 bits per heavy atom. The van der Waals surface area contributed by atoms with E-state index in [9.17, 15) is 14.7 Å². The van der Waals surface area contributed by atoms with Gasteiger partial charge in [-0.15, -0.1) is 0 Å². The van der Waals surface area contributed by atoms with Crippen molar-refractivity contribution in [2.45, 2.75) is 62.9 Å². The van der Waals surface area contributed by atoms with Crippen molar-refractivity contribution in [3.05, 3.63) is 53.9 Å². The number of carbonyl (C=O) groups is 2. The molecule has 5 rings (SSSR count). The van der Waals surface area contributed by atoms with Gasteiger partial charge in [0, 0.05) is 42.5 Å². The molecule has 0 bridgehead atoms. The molecule has 1 saturated carbocycles. The second-order valence-electron chi connectivity index (χ2n) is 9.19. The third kappa shape index (κ3) is 5.17. The minimum atomic E-state index is -0.514. The van der Waals surface area contributed by atoms with E-state index in [1.807, 2.05) is 30.3 Å². The lowest BCUT2D eigenvalue weighted by Crippen LogP contribution is -2.47. The van der Waals surface area contributed by atoms with Gasteiger partial charge < -0.3 is 25.2 Å². The standard InChI is InChI=1S/C25H29N3O5/c29-14-22-25-20(10-18(32-22)11-23(30)27-13-16-2-1-7-26-12-16)19-9-17(5-6-21(19)33-25)28-24(31)8-15-3-4-15/h1-2,5-7,9,12,15,18,20,22,25,29H,3-4,8,10-11,13-14H2,(H,27,30)(H,28,31)/t18-,20-,22+,25+/m0/s1. The van der Waals surface area contributed by atoms with Crippen molar-refractivity contribution in [1.82, 2.24) is 10.3 Å². The lowest BCUT2D eigenvalue weighted by atomic mass is 9.84. The zero-order valence-electron chi connectivity index (χ0n) is 18.4. The van der Waals surface area contributed by atoms with Crippen molar-refractivity contribution in [1.29, 1.82) is 0 Å². The molecule has 1 aromatic heterocycles. The van der Waals surface area contributed by atoms with Gasteiger partial charge in [0.25, 0.3) is 0 Å². The molecule has 33 heavy (non-hydrogen) atoms. The van der Waals surface area contributed by atoms with Gasteiger partial charge >= 0.3 is 0 Å². The Morgan fingerprint density at radius 1 is 1.15 bits per heavy atom. The van der Waals surface area contributed by atoms with Crippen LogP contribution in [-0.4, -0.2) is 46.8 Å². The summed E-state index contributed by atoms with van der Waals surface area (Å²) >= 11 is 0. The van der Waals surface area contributed by atoms with Gasteiger partial charge in [0.2, 0.25) is 11.8 Å². The highest BCUT2D eigenvalue weighted by atomic mass is 16.6. The minimum absolute atomic E-state index is 0.0118. The number of ether oxygens (including phenoxy) is 2. The van der Waals surface area contributed by atoms with Crippen LogP contribution in [0.4, 0.5) is 5.69 Å². The van der Waals surface area contributed by atoms with Gasteiger partial charge in [-0.25, -0.2) is 0 Å². The Kier molecular flexibility index (Phi) is 6.28. The molecule has 2 aliphatic heterocycles. The van der Waals surface area contributed by atoms with Crippen LogP contribution >= 0.6 is 0 Å². The van der Waals surface area contributed by atoms with Gasteiger partial charge in [-0.05, 0) is 55.0 Å². The number of pyridine rings is 1. The molecule has 174 valence electrons. The number of hydrogen-bond acceptors (Lipinski definition) is 6. The number of benzene rings is 1. The van der Waals surface area contributed by atoms with E-state index in [1.54, 1.807) is 12.4 Å². The van der Waals surface area contributed by atoms with Gasteiger partial charge in [0.15, 0.2) is 0 Å². The molecule has 3 heterocycles. The molecule has 2 fully saturated rings. The largest absolute Gasteiger partial charge is 0.487 e. The number of nitrogens with zero attached hydrogens (tertiary/aromatic N) is 1. The Balaban J connectivity index is 1.24. The van der Waals surface area contributed by atoms with E-state index in [4.69, 9.17) is 9.47 Å². The van der Waals surface area contributed by atoms with Gasteiger partial charge in [0.05, 0.1) is 19.1 Å². The molecule has 3 aliphatic rings. The van der Waals surface area contributed by atoms with Crippen LogP contribution in [0.2, 0.25) is 0 Å². The number of anilines is 1. The SMILES string of the molecule is O=C(C[C@@H]1C[C@H]2c3cc(NC(=O)CC4CC4)ccc3O[C@H]2[C@@H](CO)O1)NCc1cccnc1. The smallest absolute Gasteiger partial charge is 0.224 e. The second kappa shape index (κ2) is 9.49. The summed E-state index contributed by atoms with van der Waals surface area (Å²) in [6.45, 7) is 0.221. The van der Waals surface area contributed by atoms with Crippen LogP contribution in [0.5, 0.6) is 5.75 Å². The number of nitrogens with one attached hydrogen (secondary N) is 2. The number of aliphatic hydroxyl groups is 1. The fourth-order valence-electron chi connectivity index (χ4n) is 4.75.